The highest BCUT2D eigenvalue weighted by molar-refractivity contribution is 6.28. The van der Waals surface area contributed by atoms with E-state index in [2.05, 4.69) is 0 Å². The van der Waals surface area contributed by atoms with Gasteiger partial charge in [-0.3, -0.25) is 19.2 Å². The highest BCUT2D eigenvalue weighted by atomic mass is 16.7. The zero-order valence-electron chi connectivity index (χ0n) is 15.4. The number of hydroxylamine groups is 2. The predicted octanol–water partition coefficient (Wildman–Crippen LogP) is 0.509. The molecule has 0 atom stereocenters. The van der Waals surface area contributed by atoms with E-state index in [1.165, 1.54) is 12.2 Å². The van der Waals surface area contributed by atoms with Crippen LogP contribution in [-0.2, 0) is 33.5 Å². The summed E-state index contributed by atoms with van der Waals surface area (Å²) in [5.74, 6) is -2.06. The SMILES string of the molecule is O=C(CCOCCOc1ccc(N2C(=O)C=CC2=O)cc1)ON1C(=O)CCC1=O. The minimum absolute atomic E-state index is 0.0441. The lowest BCUT2D eigenvalue weighted by Gasteiger charge is -2.14. The van der Waals surface area contributed by atoms with Gasteiger partial charge in [0.25, 0.3) is 23.6 Å². The molecule has 2 aliphatic rings. The summed E-state index contributed by atoms with van der Waals surface area (Å²) in [6.45, 7) is 0.452. The van der Waals surface area contributed by atoms with Crippen molar-refractivity contribution < 1.29 is 38.3 Å². The molecule has 0 radical (unpaired) electrons. The van der Waals surface area contributed by atoms with E-state index in [1.807, 2.05) is 0 Å². The highest BCUT2D eigenvalue weighted by Gasteiger charge is 2.32. The zero-order valence-corrected chi connectivity index (χ0v) is 15.4. The Morgan fingerprint density at radius 2 is 1.48 bits per heavy atom. The van der Waals surface area contributed by atoms with Gasteiger partial charge in [-0.15, -0.1) is 5.06 Å². The number of hydrogen-bond donors (Lipinski definition) is 0. The molecule has 0 bridgehead atoms. The smallest absolute Gasteiger partial charge is 0.335 e. The molecular formula is C19H18N2O8. The Morgan fingerprint density at radius 1 is 0.862 bits per heavy atom. The summed E-state index contributed by atoms with van der Waals surface area (Å²) in [5, 5.41) is 0.494. The van der Waals surface area contributed by atoms with Crippen molar-refractivity contribution >= 4 is 35.3 Å². The maximum atomic E-state index is 11.6. The van der Waals surface area contributed by atoms with E-state index in [0.717, 1.165) is 4.90 Å². The molecule has 0 spiro atoms. The van der Waals surface area contributed by atoms with E-state index < -0.39 is 29.6 Å². The van der Waals surface area contributed by atoms with Crippen molar-refractivity contribution in [2.45, 2.75) is 19.3 Å². The summed E-state index contributed by atoms with van der Waals surface area (Å²) >= 11 is 0. The van der Waals surface area contributed by atoms with E-state index in [-0.39, 0.29) is 39.1 Å². The van der Waals surface area contributed by atoms with E-state index in [0.29, 0.717) is 16.5 Å². The van der Waals surface area contributed by atoms with Gasteiger partial charge in [0.15, 0.2) is 0 Å². The van der Waals surface area contributed by atoms with Gasteiger partial charge in [0, 0.05) is 25.0 Å². The van der Waals surface area contributed by atoms with Crippen LogP contribution in [0.2, 0.25) is 0 Å². The van der Waals surface area contributed by atoms with Crippen LogP contribution < -0.4 is 9.64 Å². The van der Waals surface area contributed by atoms with E-state index in [1.54, 1.807) is 24.3 Å². The van der Waals surface area contributed by atoms with Crippen molar-refractivity contribution in [1.29, 1.82) is 0 Å². The summed E-state index contributed by atoms with van der Waals surface area (Å²) in [5.41, 5.74) is 0.446. The first-order valence-electron chi connectivity index (χ1n) is 8.89. The molecule has 4 amide bonds. The number of imide groups is 2. The molecule has 152 valence electrons. The number of carbonyl (C=O) groups is 5. The monoisotopic (exact) mass is 402 g/mol. The molecular weight excluding hydrogens is 384 g/mol. The lowest BCUT2D eigenvalue weighted by molar-refractivity contribution is -0.198. The summed E-state index contributed by atoms with van der Waals surface area (Å²) in [6, 6.07) is 6.43. The second-order valence-electron chi connectivity index (χ2n) is 6.10. The molecule has 29 heavy (non-hydrogen) atoms. The summed E-state index contributed by atoms with van der Waals surface area (Å²) in [7, 11) is 0. The molecule has 0 aliphatic carbocycles. The van der Waals surface area contributed by atoms with E-state index in [4.69, 9.17) is 14.3 Å². The van der Waals surface area contributed by atoms with Crippen LogP contribution in [0.25, 0.3) is 0 Å². The van der Waals surface area contributed by atoms with Gasteiger partial charge >= 0.3 is 5.97 Å². The van der Waals surface area contributed by atoms with Crippen LogP contribution in [0.5, 0.6) is 5.75 Å². The Hall–Kier alpha value is -3.53. The Morgan fingerprint density at radius 3 is 2.10 bits per heavy atom. The lowest BCUT2D eigenvalue weighted by Crippen LogP contribution is -2.32. The van der Waals surface area contributed by atoms with Crippen LogP contribution in [-0.4, -0.2) is 54.5 Å². The minimum atomic E-state index is -0.731. The molecule has 10 heteroatoms. The Bertz CT molecular complexity index is 827. The topological polar surface area (TPSA) is 120 Å². The third-order valence-electron chi connectivity index (χ3n) is 4.05. The molecule has 0 aromatic heterocycles. The molecule has 0 saturated carbocycles. The van der Waals surface area contributed by atoms with Crippen molar-refractivity contribution in [2.75, 3.05) is 24.7 Å². The number of anilines is 1. The summed E-state index contributed by atoms with van der Waals surface area (Å²) in [4.78, 5) is 63.3. The Balaban J connectivity index is 1.31. The maximum absolute atomic E-state index is 11.6. The van der Waals surface area contributed by atoms with Gasteiger partial charge in [-0.2, -0.15) is 0 Å². The van der Waals surface area contributed by atoms with Crippen LogP contribution in [0.15, 0.2) is 36.4 Å². The molecule has 3 rings (SSSR count). The van der Waals surface area contributed by atoms with Gasteiger partial charge in [0.1, 0.15) is 12.4 Å². The number of nitrogens with zero attached hydrogens (tertiary/aromatic N) is 2. The fourth-order valence-electron chi connectivity index (χ4n) is 2.63. The van der Waals surface area contributed by atoms with Gasteiger partial charge in [-0.25, -0.2) is 9.69 Å². The fourth-order valence-corrected chi connectivity index (χ4v) is 2.63. The van der Waals surface area contributed by atoms with Gasteiger partial charge in [0.2, 0.25) is 0 Å². The van der Waals surface area contributed by atoms with Crippen LogP contribution in [0, 0.1) is 0 Å². The molecule has 0 N–H and O–H groups in total. The molecule has 10 nitrogen and oxygen atoms in total. The summed E-state index contributed by atoms with van der Waals surface area (Å²) < 4.78 is 10.7. The summed E-state index contributed by atoms with van der Waals surface area (Å²) in [6.07, 6.45) is 2.39. The van der Waals surface area contributed by atoms with Crippen molar-refractivity contribution in [3.05, 3.63) is 36.4 Å². The van der Waals surface area contributed by atoms with Gasteiger partial charge < -0.3 is 14.3 Å². The molecule has 0 unspecified atom stereocenters. The van der Waals surface area contributed by atoms with E-state index >= 15 is 0 Å². The molecule has 1 fully saturated rings. The van der Waals surface area contributed by atoms with Crippen LogP contribution >= 0.6 is 0 Å². The van der Waals surface area contributed by atoms with Gasteiger partial charge in [-0.05, 0) is 24.3 Å². The van der Waals surface area contributed by atoms with Crippen molar-refractivity contribution in [3.63, 3.8) is 0 Å². The van der Waals surface area contributed by atoms with Crippen LogP contribution in [0.4, 0.5) is 5.69 Å². The van der Waals surface area contributed by atoms with Crippen molar-refractivity contribution in [1.82, 2.24) is 5.06 Å². The lowest BCUT2D eigenvalue weighted by atomic mass is 10.3. The number of ether oxygens (including phenoxy) is 2. The number of carbonyl (C=O) groups excluding carboxylic acids is 5. The zero-order chi connectivity index (χ0) is 20.8. The second-order valence-corrected chi connectivity index (χ2v) is 6.10. The third-order valence-corrected chi connectivity index (χ3v) is 4.05. The van der Waals surface area contributed by atoms with E-state index in [9.17, 15) is 24.0 Å². The highest BCUT2D eigenvalue weighted by Crippen LogP contribution is 2.22. The fraction of sp³-hybridized carbons (Fsp3) is 0.316. The normalized spacial score (nSPS) is 16.1. The molecule has 1 aromatic carbocycles. The average Bonchev–Trinajstić information content (AvgIpc) is 3.20. The first-order valence-corrected chi connectivity index (χ1v) is 8.89. The Labute approximate surface area is 165 Å². The molecule has 2 heterocycles. The quantitative estimate of drug-likeness (QED) is 0.433. The van der Waals surface area contributed by atoms with Crippen molar-refractivity contribution in [2.24, 2.45) is 0 Å². The third kappa shape index (κ3) is 5.05. The Kier molecular flexibility index (Phi) is 6.35. The standard InChI is InChI=1S/C19H18N2O8/c22-15-5-6-16(23)20(15)13-1-3-14(4-2-13)28-12-11-27-10-9-19(26)29-21-17(24)7-8-18(21)25/h1-6H,7-12H2. The maximum Gasteiger partial charge on any atom is 0.335 e. The number of amides is 4. The van der Waals surface area contributed by atoms with Gasteiger partial charge in [-0.1, -0.05) is 0 Å². The average molecular weight is 402 g/mol. The molecule has 2 aliphatic heterocycles. The first kappa shape index (κ1) is 20.2. The largest absolute Gasteiger partial charge is 0.491 e. The molecule has 1 aromatic rings. The second kappa shape index (κ2) is 9.11. The number of benzene rings is 1. The predicted molar refractivity (Wildman–Crippen MR) is 96.2 cm³/mol. The number of rotatable bonds is 9. The van der Waals surface area contributed by atoms with Crippen LogP contribution in [0.3, 0.4) is 0 Å². The van der Waals surface area contributed by atoms with Crippen LogP contribution in [0.1, 0.15) is 19.3 Å². The first-order chi connectivity index (χ1) is 14.0. The number of hydrogen-bond acceptors (Lipinski definition) is 8. The van der Waals surface area contributed by atoms with Crippen molar-refractivity contribution in [3.8, 4) is 5.75 Å². The van der Waals surface area contributed by atoms with Gasteiger partial charge in [0.05, 0.1) is 25.3 Å². The minimum Gasteiger partial charge on any atom is -0.491 e. The molecule has 1 saturated heterocycles.